The molecule has 0 amide bonds. The van der Waals surface area contributed by atoms with Crippen LogP contribution in [-0.2, 0) is 21.3 Å². The predicted octanol–water partition coefficient (Wildman–Crippen LogP) is 1.38. The fourth-order valence-electron chi connectivity index (χ4n) is 1.87. The van der Waals surface area contributed by atoms with Crippen LogP contribution in [0.4, 0.5) is 4.39 Å². The van der Waals surface area contributed by atoms with Gasteiger partial charge in [-0.05, 0) is 42.9 Å². The quantitative estimate of drug-likeness (QED) is 0.674. The first kappa shape index (κ1) is 16.4. The molecule has 0 atom stereocenters. The Balaban J connectivity index is 1.82. The molecule has 0 bridgehead atoms. The molecular formula is C14H21FN2O3S. The van der Waals surface area contributed by atoms with Crippen molar-refractivity contribution in [2.24, 2.45) is 11.7 Å². The number of hydrogen-bond acceptors (Lipinski definition) is 4. The minimum Gasteiger partial charge on any atom is -0.381 e. The van der Waals surface area contributed by atoms with E-state index in [2.05, 4.69) is 4.72 Å². The molecule has 0 heterocycles. The number of nitrogens with two attached hydrogens (primary N) is 1. The van der Waals surface area contributed by atoms with Gasteiger partial charge in [0, 0.05) is 26.3 Å². The van der Waals surface area contributed by atoms with Gasteiger partial charge in [-0.2, -0.15) is 0 Å². The second-order valence-electron chi connectivity index (χ2n) is 5.24. The van der Waals surface area contributed by atoms with Crippen LogP contribution in [-0.4, -0.2) is 28.2 Å². The number of benzene rings is 1. The van der Waals surface area contributed by atoms with Crippen LogP contribution in [0, 0.1) is 11.7 Å². The largest absolute Gasteiger partial charge is 0.381 e. The normalized spacial score (nSPS) is 15.3. The van der Waals surface area contributed by atoms with Gasteiger partial charge in [-0.15, -0.1) is 0 Å². The topological polar surface area (TPSA) is 81.4 Å². The van der Waals surface area contributed by atoms with Crippen LogP contribution in [0.15, 0.2) is 23.1 Å². The molecule has 2 rings (SSSR count). The molecule has 0 saturated heterocycles. The molecule has 0 aliphatic heterocycles. The van der Waals surface area contributed by atoms with Gasteiger partial charge in [-0.1, -0.05) is 6.07 Å². The molecule has 21 heavy (non-hydrogen) atoms. The van der Waals surface area contributed by atoms with Crippen LogP contribution in [0.1, 0.15) is 24.8 Å². The highest BCUT2D eigenvalue weighted by Gasteiger charge is 2.21. The summed E-state index contributed by atoms with van der Waals surface area (Å²) in [5.74, 6) is -0.0838. The Morgan fingerprint density at radius 2 is 2.14 bits per heavy atom. The summed E-state index contributed by atoms with van der Waals surface area (Å²) < 4.78 is 45.5. The maximum atomic E-state index is 13.6. The van der Waals surface area contributed by atoms with Crippen LogP contribution in [0.25, 0.3) is 0 Å². The van der Waals surface area contributed by atoms with Gasteiger partial charge in [0.15, 0.2) is 0 Å². The molecule has 3 N–H and O–H groups in total. The summed E-state index contributed by atoms with van der Waals surface area (Å²) in [5, 5.41) is 0. The minimum atomic E-state index is -3.85. The van der Waals surface area contributed by atoms with Gasteiger partial charge in [0.25, 0.3) is 0 Å². The summed E-state index contributed by atoms with van der Waals surface area (Å²) in [6.45, 7) is 1.64. The van der Waals surface area contributed by atoms with Gasteiger partial charge in [0.05, 0.1) is 0 Å². The van der Waals surface area contributed by atoms with E-state index in [-0.39, 0.29) is 18.0 Å². The predicted molar refractivity (Wildman–Crippen MR) is 77.6 cm³/mol. The van der Waals surface area contributed by atoms with Crippen LogP contribution < -0.4 is 10.5 Å². The van der Waals surface area contributed by atoms with E-state index in [1.165, 1.54) is 25.0 Å². The Labute approximate surface area is 124 Å². The Kier molecular flexibility index (Phi) is 5.69. The minimum absolute atomic E-state index is 0.164. The number of halogens is 1. The molecule has 0 radical (unpaired) electrons. The Morgan fingerprint density at radius 3 is 2.81 bits per heavy atom. The van der Waals surface area contributed by atoms with Crippen LogP contribution in [0.5, 0.6) is 0 Å². The lowest BCUT2D eigenvalue weighted by molar-refractivity contribution is 0.123. The van der Waals surface area contributed by atoms with Crippen molar-refractivity contribution in [1.29, 1.82) is 0 Å². The second-order valence-corrected chi connectivity index (χ2v) is 6.97. The third-order valence-electron chi connectivity index (χ3n) is 3.33. The van der Waals surface area contributed by atoms with E-state index in [1.54, 1.807) is 0 Å². The smallest absolute Gasteiger partial charge is 0.243 e. The summed E-state index contributed by atoms with van der Waals surface area (Å²) in [4.78, 5) is -0.357. The average Bonchev–Trinajstić information content (AvgIpc) is 3.27. The van der Waals surface area contributed by atoms with Crippen molar-refractivity contribution in [2.45, 2.75) is 30.7 Å². The molecule has 118 valence electrons. The number of ether oxygens (including phenoxy) is 1. The Morgan fingerprint density at radius 1 is 1.38 bits per heavy atom. The van der Waals surface area contributed by atoms with E-state index in [0.717, 1.165) is 12.7 Å². The third-order valence-corrected chi connectivity index (χ3v) is 4.80. The van der Waals surface area contributed by atoms with Crippen LogP contribution in [0.2, 0.25) is 0 Å². The summed E-state index contributed by atoms with van der Waals surface area (Å²) >= 11 is 0. The summed E-state index contributed by atoms with van der Waals surface area (Å²) in [5.41, 5.74) is 6.02. The van der Waals surface area contributed by atoms with Gasteiger partial charge in [-0.3, -0.25) is 0 Å². The summed E-state index contributed by atoms with van der Waals surface area (Å²) in [7, 11) is -3.85. The molecule has 0 unspecified atom stereocenters. The number of nitrogens with one attached hydrogen (secondary N) is 1. The second kappa shape index (κ2) is 7.31. The zero-order valence-corrected chi connectivity index (χ0v) is 12.7. The van der Waals surface area contributed by atoms with Gasteiger partial charge >= 0.3 is 0 Å². The van der Waals surface area contributed by atoms with Crippen LogP contribution in [0.3, 0.4) is 0 Å². The summed E-state index contributed by atoms with van der Waals surface area (Å²) in [6.07, 6.45) is 3.01. The number of rotatable bonds is 9. The summed E-state index contributed by atoms with van der Waals surface area (Å²) in [6, 6.07) is 3.86. The molecule has 1 aliphatic carbocycles. The van der Waals surface area contributed by atoms with Crippen molar-refractivity contribution in [1.82, 2.24) is 4.72 Å². The van der Waals surface area contributed by atoms with Crippen molar-refractivity contribution in [3.05, 3.63) is 29.6 Å². The molecule has 0 aromatic heterocycles. The standard InChI is InChI=1S/C14H21FN2O3S/c15-13-5-4-12(9-16)8-14(13)21(18,19)17-6-1-7-20-10-11-2-3-11/h4-5,8,11,17H,1-3,6-7,9-10,16H2. The van der Waals surface area contributed by atoms with Gasteiger partial charge in [0.2, 0.25) is 10.0 Å². The van der Waals surface area contributed by atoms with Gasteiger partial charge < -0.3 is 10.5 Å². The fourth-order valence-corrected chi connectivity index (χ4v) is 3.07. The van der Waals surface area contributed by atoms with Crippen molar-refractivity contribution >= 4 is 10.0 Å². The average molecular weight is 316 g/mol. The number of sulfonamides is 1. The first-order chi connectivity index (χ1) is 10.0. The molecule has 7 heteroatoms. The lowest BCUT2D eigenvalue weighted by atomic mass is 10.2. The molecule has 0 spiro atoms. The lowest BCUT2D eigenvalue weighted by Crippen LogP contribution is -2.26. The van der Waals surface area contributed by atoms with E-state index in [0.29, 0.717) is 24.5 Å². The molecule has 1 saturated carbocycles. The monoisotopic (exact) mass is 316 g/mol. The highest BCUT2D eigenvalue weighted by molar-refractivity contribution is 7.89. The molecule has 1 aromatic rings. The van der Waals surface area contributed by atoms with E-state index in [4.69, 9.17) is 10.5 Å². The first-order valence-electron chi connectivity index (χ1n) is 7.09. The maximum Gasteiger partial charge on any atom is 0.243 e. The maximum absolute atomic E-state index is 13.6. The SMILES string of the molecule is NCc1ccc(F)c(S(=O)(=O)NCCCOCC2CC2)c1. The van der Waals surface area contributed by atoms with E-state index >= 15 is 0 Å². The fraction of sp³-hybridized carbons (Fsp3) is 0.571. The van der Waals surface area contributed by atoms with Gasteiger partial charge in [-0.25, -0.2) is 17.5 Å². The third kappa shape index (κ3) is 5.03. The zero-order chi connectivity index (χ0) is 15.3. The number of hydrogen-bond donors (Lipinski definition) is 2. The van der Waals surface area contributed by atoms with Crippen LogP contribution >= 0.6 is 0 Å². The van der Waals surface area contributed by atoms with Crippen molar-refractivity contribution in [2.75, 3.05) is 19.8 Å². The van der Waals surface area contributed by atoms with E-state index in [1.807, 2.05) is 0 Å². The van der Waals surface area contributed by atoms with E-state index in [9.17, 15) is 12.8 Å². The molecule has 5 nitrogen and oxygen atoms in total. The highest BCUT2D eigenvalue weighted by Crippen LogP contribution is 2.28. The molecule has 1 fully saturated rings. The van der Waals surface area contributed by atoms with Crippen molar-refractivity contribution < 1.29 is 17.5 Å². The molecule has 1 aliphatic rings. The lowest BCUT2D eigenvalue weighted by Gasteiger charge is -2.09. The Hall–Kier alpha value is -1.02. The zero-order valence-electron chi connectivity index (χ0n) is 11.8. The van der Waals surface area contributed by atoms with Gasteiger partial charge in [0.1, 0.15) is 10.7 Å². The molecular weight excluding hydrogens is 295 g/mol. The highest BCUT2D eigenvalue weighted by atomic mass is 32.2. The van der Waals surface area contributed by atoms with Crippen molar-refractivity contribution in [3.63, 3.8) is 0 Å². The molecule has 1 aromatic carbocycles. The Bertz CT molecular complexity index is 574. The van der Waals surface area contributed by atoms with Crippen molar-refractivity contribution in [3.8, 4) is 0 Å². The first-order valence-corrected chi connectivity index (χ1v) is 8.57. The van der Waals surface area contributed by atoms with E-state index < -0.39 is 15.8 Å².